The maximum Gasteiger partial charge on any atom is 0.191 e. The molecule has 1 heterocycles. The maximum absolute atomic E-state index is 10.5. The van der Waals surface area contributed by atoms with Gasteiger partial charge in [0.25, 0.3) is 0 Å². The Kier molecular flexibility index (Phi) is 7.29. The summed E-state index contributed by atoms with van der Waals surface area (Å²) in [6.07, 6.45) is 3.26. The molecule has 0 aliphatic carbocycles. The lowest BCUT2D eigenvalue weighted by atomic mass is 10.0. The van der Waals surface area contributed by atoms with Crippen molar-refractivity contribution in [3.8, 4) is 5.75 Å². The van der Waals surface area contributed by atoms with E-state index in [0.29, 0.717) is 31.4 Å². The first-order chi connectivity index (χ1) is 12.6. The average molecular weight is 357 g/mol. The molecule has 0 aliphatic heterocycles. The van der Waals surface area contributed by atoms with Crippen molar-refractivity contribution < 1.29 is 14.3 Å². The lowest BCUT2D eigenvalue weighted by molar-refractivity contribution is 0.0386. The van der Waals surface area contributed by atoms with Gasteiger partial charge >= 0.3 is 0 Å². The lowest BCUT2D eigenvalue weighted by Crippen LogP contribution is -2.44. The number of benzene rings is 1. The lowest BCUT2D eigenvalue weighted by Gasteiger charge is -2.22. The average Bonchev–Trinajstić information content (AvgIpc) is 3.19. The summed E-state index contributed by atoms with van der Waals surface area (Å²) in [5.41, 5.74) is -0.158. The van der Waals surface area contributed by atoms with Crippen LogP contribution in [-0.4, -0.2) is 30.8 Å². The van der Waals surface area contributed by atoms with Crippen molar-refractivity contribution in [2.75, 3.05) is 19.7 Å². The van der Waals surface area contributed by atoms with Crippen molar-refractivity contribution in [3.05, 3.63) is 66.6 Å². The second kappa shape index (κ2) is 9.68. The number of rotatable bonds is 9. The first-order valence-electron chi connectivity index (χ1n) is 8.67. The zero-order chi connectivity index (χ0) is 18.8. The highest BCUT2D eigenvalue weighted by molar-refractivity contribution is 5.79. The molecule has 1 aromatic carbocycles. The summed E-state index contributed by atoms with van der Waals surface area (Å²) in [6, 6.07) is 11.3. The first-order valence-corrected chi connectivity index (χ1v) is 8.67. The predicted molar refractivity (Wildman–Crippen MR) is 103 cm³/mol. The number of nitrogens with one attached hydrogen (secondary N) is 2. The molecule has 0 saturated heterocycles. The standard InChI is InChI=1S/C20H27N3O3/c1-4-12-25-17-10-7-6-9-16(17)14-22-19(21-5-2)23-15-20(3,24)18-11-8-13-26-18/h4,6-11,13,24H,1,5,12,14-15H2,2-3H3,(H2,21,22,23). The van der Waals surface area contributed by atoms with Gasteiger partial charge in [-0.1, -0.05) is 30.9 Å². The molecule has 3 N–H and O–H groups in total. The number of para-hydroxylation sites is 1. The molecule has 1 unspecified atom stereocenters. The molecule has 0 radical (unpaired) electrons. The zero-order valence-corrected chi connectivity index (χ0v) is 15.4. The van der Waals surface area contributed by atoms with E-state index in [2.05, 4.69) is 22.2 Å². The van der Waals surface area contributed by atoms with Gasteiger partial charge in [-0.15, -0.1) is 0 Å². The highest BCUT2D eigenvalue weighted by Gasteiger charge is 2.26. The van der Waals surface area contributed by atoms with Gasteiger partial charge in [-0.3, -0.25) is 0 Å². The van der Waals surface area contributed by atoms with E-state index < -0.39 is 5.60 Å². The molecule has 1 aromatic heterocycles. The van der Waals surface area contributed by atoms with Crippen LogP contribution in [-0.2, 0) is 12.1 Å². The van der Waals surface area contributed by atoms with E-state index in [1.54, 1.807) is 31.4 Å². The number of hydrogen-bond acceptors (Lipinski definition) is 4. The number of furan rings is 1. The van der Waals surface area contributed by atoms with Crippen molar-refractivity contribution in [1.82, 2.24) is 10.6 Å². The van der Waals surface area contributed by atoms with Crippen LogP contribution in [0.15, 0.2) is 64.7 Å². The van der Waals surface area contributed by atoms with Crippen molar-refractivity contribution in [1.29, 1.82) is 0 Å². The number of guanidine groups is 1. The molecular formula is C20H27N3O3. The van der Waals surface area contributed by atoms with Gasteiger partial charge in [0.15, 0.2) is 5.96 Å². The van der Waals surface area contributed by atoms with E-state index >= 15 is 0 Å². The number of nitrogens with zero attached hydrogens (tertiary/aromatic N) is 1. The molecule has 140 valence electrons. The highest BCUT2D eigenvalue weighted by atomic mass is 16.5. The molecule has 0 aliphatic rings. The fourth-order valence-corrected chi connectivity index (χ4v) is 2.36. The smallest absolute Gasteiger partial charge is 0.191 e. The van der Waals surface area contributed by atoms with Gasteiger partial charge < -0.3 is 24.9 Å². The van der Waals surface area contributed by atoms with E-state index in [1.807, 2.05) is 31.2 Å². The zero-order valence-electron chi connectivity index (χ0n) is 15.4. The Labute approximate surface area is 154 Å². The number of hydrogen-bond donors (Lipinski definition) is 3. The summed E-state index contributed by atoms with van der Waals surface area (Å²) in [4.78, 5) is 4.58. The minimum absolute atomic E-state index is 0.265. The number of aliphatic hydroxyl groups is 1. The van der Waals surface area contributed by atoms with Gasteiger partial charge in [-0.05, 0) is 32.0 Å². The van der Waals surface area contributed by atoms with E-state index in [4.69, 9.17) is 9.15 Å². The largest absolute Gasteiger partial charge is 0.489 e. The van der Waals surface area contributed by atoms with Gasteiger partial charge in [0.2, 0.25) is 0 Å². The van der Waals surface area contributed by atoms with Crippen molar-refractivity contribution >= 4 is 5.96 Å². The van der Waals surface area contributed by atoms with Crippen LogP contribution in [0.1, 0.15) is 25.2 Å². The Balaban J connectivity index is 2.04. The summed E-state index contributed by atoms with van der Waals surface area (Å²) in [5.74, 6) is 1.90. The third-order valence-corrected chi connectivity index (χ3v) is 3.73. The Morgan fingerprint density at radius 3 is 2.81 bits per heavy atom. The molecule has 2 aromatic rings. The minimum Gasteiger partial charge on any atom is -0.489 e. The Bertz CT molecular complexity index is 709. The van der Waals surface area contributed by atoms with Crippen LogP contribution in [0, 0.1) is 0 Å². The van der Waals surface area contributed by atoms with E-state index in [1.165, 1.54) is 0 Å². The Morgan fingerprint density at radius 2 is 2.12 bits per heavy atom. The van der Waals surface area contributed by atoms with Crippen molar-refractivity contribution in [3.63, 3.8) is 0 Å². The monoisotopic (exact) mass is 357 g/mol. The van der Waals surface area contributed by atoms with Crippen LogP contribution in [0.3, 0.4) is 0 Å². The number of ether oxygens (including phenoxy) is 1. The van der Waals surface area contributed by atoms with E-state index in [-0.39, 0.29) is 6.54 Å². The van der Waals surface area contributed by atoms with Gasteiger partial charge in [-0.25, -0.2) is 4.99 Å². The fraction of sp³-hybridized carbons (Fsp3) is 0.350. The molecule has 1 atom stereocenters. The van der Waals surface area contributed by atoms with Crippen molar-refractivity contribution in [2.24, 2.45) is 4.99 Å². The van der Waals surface area contributed by atoms with Gasteiger partial charge in [-0.2, -0.15) is 0 Å². The third-order valence-electron chi connectivity index (χ3n) is 3.73. The molecule has 6 nitrogen and oxygen atoms in total. The van der Waals surface area contributed by atoms with Crippen LogP contribution in [0.4, 0.5) is 0 Å². The Hall–Kier alpha value is -2.73. The third kappa shape index (κ3) is 5.67. The van der Waals surface area contributed by atoms with Crippen LogP contribution in [0.5, 0.6) is 5.75 Å². The second-order valence-corrected chi connectivity index (χ2v) is 6.01. The molecule has 0 spiro atoms. The molecule has 26 heavy (non-hydrogen) atoms. The molecule has 0 saturated carbocycles. The van der Waals surface area contributed by atoms with Gasteiger partial charge in [0, 0.05) is 12.1 Å². The van der Waals surface area contributed by atoms with Gasteiger partial charge in [0.1, 0.15) is 23.7 Å². The summed E-state index contributed by atoms with van der Waals surface area (Å²) < 4.78 is 11.0. The molecule has 6 heteroatoms. The van der Waals surface area contributed by atoms with Crippen LogP contribution < -0.4 is 15.4 Å². The summed E-state index contributed by atoms with van der Waals surface area (Å²) in [6.45, 7) is 9.23. The predicted octanol–water partition coefficient (Wildman–Crippen LogP) is 2.81. The normalized spacial score (nSPS) is 13.7. The van der Waals surface area contributed by atoms with Crippen LogP contribution >= 0.6 is 0 Å². The molecule has 0 bridgehead atoms. The number of aliphatic imine (C=N–C) groups is 1. The molecule has 2 rings (SSSR count). The summed E-state index contributed by atoms with van der Waals surface area (Å²) in [5, 5.41) is 16.9. The molecule has 0 amide bonds. The maximum atomic E-state index is 10.5. The van der Waals surface area contributed by atoms with E-state index in [9.17, 15) is 5.11 Å². The molecule has 0 fully saturated rings. The SMILES string of the molecule is C=CCOc1ccccc1CN=C(NCC)NCC(C)(O)c1ccco1. The van der Waals surface area contributed by atoms with Crippen LogP contribution in [0.2, 0.25) is 0 Å². The minimum atomic E-state index is -1.13. The Morgan fingerprint density at radius 1 is 1.31 bits per heavy atom. The second-order valence-electron chi connectivity index (χ2n) is 6.01. The van der Waals surface area contributed by atoms with E-state index in [0.717, 1.165) is 11.3 Å². The fourth-order valence-electron chi connectivity index (χ4n) is 2.36. The quantitative estimate of drug-likeness (QED) is 0.365. The first kappa shape index (κ1) is 19.6. The molecular weight excluding hydrogens is 330 g/mol. The summed E-state index contributed by atoms with van der Waals surface area (Å²) in [7, 11) is 0. The van der Waals surface area contributed by atoms with Crippen LogP contribution in [0.25, 0.3) is 0 Å². The topological polar surface area (TPSA) is 79.0 Å². The summed E-state index contributed by atoms with van der Waals surface area (Å²) >= 11 is 0. The van der Waals surface area contributed by atoms with Gasteiger partial charge in [0.05, 0.1) is 19.4 Å². The van der Waals surface area contributed by atoms with Crippen molar-refractivity contribution in [2.45, 2.75) is 26.0 Å². The highest BCUT2D eigenvalue weighted by Crippen LogP contribution is 2.20.